The largest absolute Gasteiger partial charge is 0.368 e. The third kappa shape index (κ3) is 2.64. The van der Waals surface area contributed by atoms with Crippen molar-refractivity contribution in [2.45, 2.75) is 32.4 Å². The quantitative estimate of drug-likeness (QED) is 0.754. The Labute approximate surface area is 95.8 Å². The first kappa shape index (κ1) is 11.2. The van der Waals surface area contributed by atoms with Gasteiger partial charge >= 0.3 is 0 Å². The zero-order valence-corrected chi connectivity index (χ0v) is 9.65. The normalized spacial score (nSPS) is 17.3. The zero-order valence-electron chi connectivity index (χ0n) is 9.65. The van der Waals surface area contributed by atoms with Gasteiger partial charge in [-0.1, -0.05) is 6.92 Å². The maximum Gasteiger partial charge on any atom is 0.237 e. The highest BCUT2D eigenvalue weighted by molar-refractivity contribution is 5.73. The molecule has 0 aromatic carbocycles. The van der Waals surface area contributed by atoms with E-state index in [0.29, 0.717) is 6.04 Å². The standard InChI is InChI=1S/C12H19N3O/c1-2-14-12(9-3-4-9)10-5-6-15(7-10)8-11(13)16/h5-7,9,12,14H,2-4,8H2,1H3,(H2,13,16). The number of primary amides is 1. The lowest BCUT2D eigenvalue weighted by atomic mass is 10.1. The van der Waals surface area contributed by atoms with Crippen LogP contribution in [0.2, 0.25) is 0 Å². The van der Waals surface area contributed by atoms with E-state index in [2.05, 4.69) is 18.3 Å². The first-order chi connectivity index (χ1) is 7.70. The number of rotatable bonds is 6. The summed E-state index contributed by atoms with van der Waals surface area (Å²) in [5, 5.41) is 3.50. The molecule has 1 aliphatic carbocycles. The van der Waals surface area contributed by atoms with Gasteiger partial charge < -0.3 is 15.6 Å². The van der Waals surface area contributed by atoms with Gasteiger partial charge in [0.15, 0.2) is 0 Å². The van der Waals surface area contributed by atoms with Crippen molar-refractivity contribution in [1.82, 2.24) is 9.88 Å². The van der Waals surface area contributed by atoms with Crippen molar-refractivity contribution in [2.75, 3.05) is 6.54 Å². The molecule has 1 aromatic rings. The summed E-state index contributed by atoms with van der Waals surface area (Å²) in [5.41, 5.74) is 6.43. The van der Waals surface area contributed by atoms with Crippen molar-refractivity contribution in [2.24, 2.45) is 11.7 Å². The molecule has 0 saturated heterocycles. The Kier molecular flexibility index (Phi) is 3.29. The summed E-state index contributed by atoms with van der Waals surface area (Å²) in [4.78, 5) is 10.8. The minimum Gasteiger partial charge on any atom is -0.368 e. The second kappa shape index (κ2) is 4.70. The molecule has 1 aliphatic rings. The van der Waals surface area contributed by atoms with Gasteiger partial charge in [-0.15, -0.1) is 0 Å². The Balaban J connectivity index is 2.06. The van der Waals surface area contributed by atoms with Crippen LogP contribution in [0.1, 0.15) is 31.4 Å². The van der Waals surface area contributed by atoms with Gasteiger partial charge in [-0.25, -0.2) is 0 Å². The molecule has 1 fully saturated rings. The SMILES string of the molecule is CCNC(c1ccn(CC(N)=O)c1)C1CC1. The van der Waals surface area contributed by atoms with Gasteiger partial charge in [0.25, 0.3) is 0 Å². The number of hydrogen-bond acceptors (Lipinski definition) is 2. The lowest BCUT2D eigenvalue weighted by molar-refractivity contribution is -0.118. The summed E-state index contributed by atoms with van der Waals surface area (Å²) >= 11 is 0. The third-order valence-corrected chi connectivity index (χ3v) is 2.99. The number of nitrogens with zero attached hydrogens (tertiary/aromatic N) is 1. The van der Waals surface area contributed by atoms with Crippen molar-refractivity contribution in [3.63, 3.8) is 0 Å². The summed E-state index contributed by atoms with van der Waals surface area (Å²) in [6.07, 6.45) is 6.56. The molecule has 16 heavy (non-hydrogen) atoms. The van der Waals surface area contributed by atoms with Crippen LogP contribution in [0.25, 0.3) is 0 Å². The van der Waals surface area contributed by atoms with Crippen LogP contribution in [0, 0.1) is 5.92 Å². The molecule has 1 aromatic heterocycles. The average Bonchev–Trinajstić information content (AvgIpc) is 2.96. The second-order valence-corrected chi connectivity index (χ2v) is 4.46. The first-order valence-electron chi connectivity index (χ1n) is 5.88. The minimum absolute atomic E-state index is 0.267. The van der Waals surface area contributed by atoms with Gasteiger partial charge in [0.1, 0.15) is 6.54 Å². The van der Waals surface area contributed by atoms with E-state index in [1.54, 1.807) is 0 Å². The highest BCUT2D eigenvalue weighted by atomic mass is 16.1. The summed E-state index contributed by atoms with van der Waals surface area (Å²) in [6.45, 7) is 3.36. The molecule has 0 aliphatic heterocycles. The van der Waals surface area contributed by atoms with Crippen molar-refractivity contribution < 1.29 is 4.79 Å². The molecule has 1 amide bonds. The van der Waals surface area contributed by atoms with E-state index < -0.39 is 0 Å². The number of carbonyl (C=O) groups excluding carboxylic acids is 1. The fraction of sp³-hybridized carbons (Fsp3) is 0.583. The topological polar surface area (TPSA) is 60.1 Å². The van der Waals surface area contributed by atoms with E-state index in [9.17, 15) is 4.79 Å². The molecule has 0 radical (unpaired) electrons. The first-order valence-corrected chi connectivity index (χ1v) is 5.88. The summed E-state index contributed by atoms with van der Waals surface area (Å²) in [6, 6.07) is 2.52. The lowest BCUT2D eigenvalue weighted by Crippen LogP contribution is -2.22. The average molecular weight is 221 g/mol. The summed E-state index contributed by atoms with van der Waals surface area (Å²) < 4.78 is 1.85. The van der Waals surface area contributed by atoms with Crippen LogP contribution in [0.5, 0.6) is 0 Å². The van der Waals surface area contributed by atoms with E-state index in [1.165, 1.54) is 18.4 Å². The van der Waals surface area contributed by atoms with E-state index in [1.807, 2.05) is 17.0 Å². The van der Waals surface area contributed by atoms with Crippen molar-refractivity contribution in [3.8, 4) is 0 Å². The van der Waals surface area contributed by atoms with E-state index in [-0.39, 0.29) is 12.5 Å². The number of amides is 1. The number of hydrogen-bond donors (Lipinski definition) is 2. The predicted molar refractivity (Wildman–Crippen MR) is 62.8 cm³/mol. The highest BCUT2D eigenvalue weighted by Crippen LogP contribution is 2.40. The number of nitrogens with one attached hydrogen (secondary N) is 1. The summed E-state index contributed by atoms with van der Waals surface area (Å²) in [7, 11) is 0. The van der Waals surface area contributed by atoms with Crippen molar-refractivity contribution in [3.05, 3.63) is 24.0 Å². The molecule has 4 nitrogen and oxygen atoms in total. The number of carbonyl (C=O) groups is 1. The van der Waals surface area contributed by atoms with Gasteiger partial charge in [-0.05, 0) is 36.9 Å². The number of nitrogens with two attached hydrogens (primary N) is 1. The molecule has 3 N–H and O–H groups in total. The predicted octanol–water partition coefficient (Wildman–Crippen LogP) is 1.03. The molecule has 88 valence electrons. The van der Waals surface area contributed by atoms with Crippen LogP contribution in [0.3, 0.4) is 0 Å². The van der Waals surface area contributed by atoms with Crippen LogP contribution in [-0.4, -0.2) is 17.0 Å². The molecule has 1 heterocycles. The summed E-state index contributed by atoms with van der Waals surface area (Å²) in [5.74, 6) is 0.470. The third-order valence-electron chi connectivity index (χ3n) is 2.99. The molecule has 2 rings (SSSR count). The maximum absolute atomic E-state index is 10.8. The maximum atomic E-state index is 10.8. The fourth-order valence-electron chi connectivity index (χ4n) is 2.13. The Morgan fingerprint density at radius 1 is 1.69 bits per heavy atom. The molecular weight excluding hydrogens is 202 g/mol. The van der Waals surface area contributed by atoms with Gasteiger partial charge in [0.05, 0.1) is 0 Å². The smallest absolute Gasteiger partial charge is 0.237 e. The van der Waals surface area contributed by atoms with Gasteiger partial charge in [-0.3, -0.25) is 4.79 Å². The van der Waals surface area contributed by atoms with E-state index >= 15 is 0 Å². The molecule has 1 atom stereocenters. The second-order valence-electron chi connectivity index (χ2n) is 4.46. The minimum atomic E-state index is -0.298. The molecule has 1 saturated carbocycles. The highest BCUT2D eigenvalue weighted by Gasteiger charge is 2.31. The van der Waals surface area contributed by atoms with Crippen molar-refractivity contribution in [1.29, 1.82) is 0 Å². The Morgan fingerprint density at radius 3 is 3.00 bits per heavy atom. The molecule has 1 unspecified atom stereocenters. The van der Waals surface area contributed by atoms with Crippen molar-refractivity contribution >= 4 is 5.91 Å². The monoisotopic (exact) mass is 221 g/mol. The van der Waals surface area contributed by atoms with Crippen LogP contribution < -0.4 is 11.1 Å². The van der Waals surface area contributed by atoms with E-state index in [4.69, 9.17) is 5.73 Å². The van der Waals surface area contributed by atoms with Crippen LogP contribution in [0.4, 0.5) is 0 Å². The molecule has 0 bridgehead atoms. The van der Waals surface area contributed by atoms with Crippen LogP contribution in [0.15, 0.2) is 18.5 Å². The molecule has 0 spiro atoms. The molecule has 4 heteroatoms. The Hall–Kier alpha value is -1.29. The van der Waals surface area contributed by atoms with Gasteiger partial charge in [0, 0.05) is 18.4 Å². The zero-order chi connectivity index (χ0) is 11.5. The number of aromatic nitrogens is 1. The lowest BCUT2D eigenvalue weighted by Gasteiger charge is -2.15. The van der Waals surface area contributed by atoms with Gasteiger partial charge in [-0.2, -0.15) is 0 Å². The van der Waals surface area contributed by atoms with Crippen LogP contribution >= 0.6 is 0 Å². The van der Waals surface area contributed by atoms with Crippen LogP contribution in [-0.2, 0) is 11.3 Å². The van der Waals surface area contributed by atoms with Gasteiger partial charge in [0.2, 0.25) is 5.91 Å². The Bertz CT molecular complexity index is 368. The Morgan fingerprint density at radius 2 is 2.44 bits per heavy atom. The van der Waals surface area contributed by atoms with E-state index in [0.717, 1.165) is 12.5 Å². The molecular formula is C12H19N3O. The fourth-order valence-corrected chi connectivity index (χ4v) is 2.13.